The third-order valence-electron chi connectivity index (χ3n) is 7.08. The number of benzene rings is 2. The van der Waals surface area contributed by atoms with E-state index in [1.807, 2.05) is 4.90 Å². The van der Waals surface area contributed by atoms with Gasteiger partial charge in [-0.25, -0.2) is 13.2 Å². The lowest BCUT2D eigenvalue weighted by Crippen LogP contribution is -2.44. The first-order valence-corrected chi connectivity index (χ1v) is 12.4. The normalized spacial score (nSPS) is 16.1. The van der Waals surface area contributed by atoms with Gasteiger partial charge in [0, 0.05) is 35.8 Å². The molecule has 0 spiro atoms. The number of hydrogen-bond donors (Lipinski definition) is 2. The molecule has 38 heavy (non-hydrogen) atoms. The van der Waals surface area contributed by atoms with Gasteiger partial charge < -0.3 is 14.9 Å². The van der Waals surface area contributed by atoms with E-state index in [4.69, 9.17) is 16.3 Å². The number of likely N-dealkylation sites (tertiary alicyclic amines) is 1. The van der Waals surface area contributed by atoms with Gasteiger partial charge in [0.25, 0.3) is 0 Å². The number of aliphatic carboxylic acids is 1. The van der Waals surface area contributed by atoms with Crippen LogP contribution in [0.2, 0.25) is 5.02 Å². The molecule has 0 amide bonds. The van der Waals surface area contributed by atoms with Crippen LogP contribution in [0.5, 0.6) is 5.75 Å². The molecular weight excluding hydrogens is 521 g/mol. The van der Waals surface area contributed by atoms with Crippen LogP contribution in [0, 0.1) is 34.7 Å². The lowest BCUT2D eigenvalue weighted by molar-refractivity contribution is -0.153. The van der Waals surface area contributed by atoms with Crippen LogP contribution in [-0.4, -0.2) is 52.8 Å². The van der Waals surface area contributed by atoms with Crippen molar-refractivity contribution in [1.29, 1.82) is 0 Å². The number of rotatable bonds is 7. The zero-order valence-electron chi connectivity index (χ0n) is 20.6. The maximum absolute atomic E-state index is 13.4. The molecule has 0 radical (unpaired) electrons. The second-order valence-electron chi connectivity index (χ2n) is 9.37. The second kappa shape index (κ2) is 11.6. The maximum atomic E-state index is 13.4. The molecule has 4 rings (SSSR count). The number of pyridine rings is 1. The van der Waals surface area contributed by atoms with Crippen LogP contribution in [0.3, 0.4) is 0 Å². The van der Waals surface area contributed by atoms with Crippen molar-refractivity contribution in [2.45, 2.75) is 31.8 Å². The molecular formula is C28H26ClF3N2O4. The van der Waals surface area contributed by atoms with Crippen molar-refractivity contribution >= 4 is 28.5 Å². The summed E-state index contributed by atoms with van der Waals surface area (Å²) in [6.07, 6.45) is 1.57. The van der Waals surface area contributed by atoms with E-state index < -0.39 is 34.9 Å². The predicted molar refractivity (Wildman–Crippen MR) is 136 cm³/mol. The number of fused-ring (bicyclic) bond motifs is 1. The fourth-order valence-electron chi connectivity index (χ4n) is 4.78. The number of aromatic nitrogens is 1. The molecule has 1 atom stereocenters. The number of hydrogen-bond acceptors (Lipinski definition) is 5. The van der Waals surface area contributed by atoms with Crippen molar-refractivity contribution in [2.75, 3.05) is 26.7 Å². The monoisotopic (exact) mass is 546 g/mol. The SMILES string of the molecule is COc1ccc2ncc(Cl)c(C(O)CCC3(C(=O)O)CCN(CC#Cc4cc(F)c(F)c(F)c4)CC3)c2c1. The largest absolute Gasteiger partial charge is 0.497 e. The highest BCUT2D eigenvalue weighted by Crippen LogP contribution is 2.41. The molecule has 1 aliphatic heterocycles. The first kappa shape index (κ1) is 27.7. The molecule has 1 saturated heterocycles. The molecule has 0 saturated carbocycles. The Hall–Kier alpha value is -3.32. The molecule has 3 aromatic rings. The van der Waals surface area contributed by atoms with Crippen LogP contribution < -0.4 is 4.74 Å². The third-order valence-corrected chi connectivity index (χ3v) is 7.38. The van der Waals surface area contributed by atoms with E-state index in [2.05, 4.69) is 16.8 Å². The van der Waals surface area contributed by atoms with E-state index in [-0.39, 0.29) is 30.0 Å². The fourth-order valence-corrected chi connectivity index (χ4v) is 5.06. The number of methoxy groups -OCH3 is 1. The third kappa shape index (κ3) is 5.88. The highest BCUT2D eigenvalue weighted by atomic mass is 35.5. The van der Waals surface area contributed by atoms with E-state index >= 15 is 0 Å². The molecule has 2 N–H and O–H groups in total. The van der Waals surface area contributed by atoms with Crippen LogP contribution in [0.1, 0.15) is 42.9 Å². The minimum atomic E-state index is -1.54. The van der Waals surface area contributed by atoms with Crippen LogP contribution in [0.15, 0.2) is 36.5 Å². The number of aliphatic hydroxyl groups is 1. The second-order valence-corrected chi connectivity index (χ2v) is 9.78. The number of carboxylic acids is 1. The predicted octanol–water partition coefficient (Wildman–Crippen LogP) is 5.35. The summed E-state index contributed by atoms with van der Waals surface area (Å²) in [4.78, 5) is 18.5. The van der Waals surface area contributed by atoms with Gasteiger partial charge in [0.2, 0.25) is 0 Å². The maximum Gasteiger partial charge on any atom is 0.309 e. The summed E-state index contributed by atoms with van der Waals surface area (Å²) in [6, 6.07) is 6.93. The molecule has 200 valence electrons. The minimum Gasteiger partial charge on any atom is -0.497 e. The average Bonchev–Trinajstić information content (AvgIpc) is 2.90. The van der Waals surface area contributed by atoms with Crippen molar-refractivity contribution in [1.82, 2.24) is 9.88 Å². The number of carbonyl (C=O) groups is 1. The Morgan fingerprint density at radius 1 is 1.21 bits per heavy atom. The summed E-state index contributed by atoms with van der Waals surface area (Å²) >= 11 is 6.39. The highest BCUT2D eigenvalue weighted by molar-refractivity contribution is 6.32. The standard InChI is InChI=1S/C28H26ClF3N2O4/c1-38-18-4-5-23-19(15-18)25(20(29)16-33-23)24(35)6-7-28(27(36)37)8-11-34(12-9-28)10-2-3-17-13-21(30)26(32)22(31)14-17/h4-5,13-16,24,35H,6-12H2,1H3,(H,36,37). The van der Waals surface area contributed by atoms with Crippen molar-refractivity contribution in [3.63, 3.8) is 0 Å². The Labute approximate surface area is 223 Å². The molecule has 1 fully saturated rings. The van der Waals surface area contributed by atoms with Gasteiger partial charge in [0.1, 0.15) is 5.75 Å². The Bertz CT molecular complexity index is 1390. The first-order chi connectivity index (χ1) is 18.1. The van der Waals surface area contributed by atoms with Crippen molar-refractivity contribution in [2.24, 2.45) is 5.41 Å². The van der Waals surface area contributed by atoms with Gasteiger partial charge in [-0.1, -0.05) is 23.4 Å². The topological polar surface area (TPSA) is 82.9 Å². The van der Waals surface area contributed by atoms with E-state index in [0.29, 0.717) is 48.1 Å². The zero-order valence-corrected chi connectivity index (χ0v) is 21.4. The van der Waals surface area contributed by atoms with E-state index in [0.717, 1.165) is 12.1 Å². The minimum absolute atomic E-state index is 0.0206. The summed E-state index contributed by atoms with van der Waals surface area (Å²) in [6.45, 7) is 1.15. The summed E-state index contributed by atoms with van der Waals surface area (Å²) in [7, 11) is 1.53. The van der Waals surface area contributed by atoms with Gasteiger partial charge in [-0.15, -0.1) is 0 Å². The number of halogens is 4. The molecule has 0 aliphatic carbocycles. The van der Waals surface area contributed by atoms with E-state index in [9.17, 15) is 28.2 Å². The molecule has 2 heterocycles. The number of aliphatic hydroxyl groups excluding tert-OH is 1. The van der Waals surface area contributed by atoms with Gasteiger partial charge >= 0.3 is 5.97 Å². The number of piperidine rings is 1. The lowest BCUT2D eigenvalue weighted by Gasteiger charge is -2.38. The summed E-state index contributed by atoms with van der Waals surface area (Å²) in [5, 5.41) is 22.1. The van der Waals surface area contributed by atoms with E-state index in [1.54, 1.807) is 18.2 Å². The van der Waals surface area contributed by atoms with Crippen molar-refractivity contribution < 1.29 is 32.9 Å². The molecule has 2 aromatic carbocycles. The van der Waals surface area contributed by atoms with Crippen LogP contribution in [0.25, 0.3) is 10.9 Å². The molecule has 0 bridgehead atoms. The zero-order chi connectivity index (χ0) is 27.4. The van der Waals surface area contributed by atoms with Crippen molar-refractivity contribution in [3.8, 4) is 17.6 Å². The first-order valence-electron chi connectivity index (χ1n) is 12.0. The molecule has 10 heteroatoms. The smallest absolute Gasteiger partial charge is 0.309 e. The quantitative estimate of drug-likeness (QED) is 0.307. The van der Waals surface area contributed by atoms with Gasteiger partial charge in [0.05, 0.1) is 35.7 Å². The van der Waals surface area contributed by atoms with Crippen LogP contribution in [0.4, 0.5) is 13.2 Å². The Balaban J connectivity index is 1.41. The van der Waals surface area contributed by atoms with E-state index in [1.165, 1.54) is 13.3 Å². The highest BCUT2D eigenvalue weighted by Gasteiger charge is 2.41. The fraction of sp³-hybridized carbons (Fsp3) is 0.357. The molecule has 6 nitrogen and oxygen atoms in total. The Kier molecular flexibility index (Phi) is 8.46. The summed E-state index contributed by atoms with van der Waals surface area (Å²) in [5.74, 6) is 0.929. The summed E-state index contributed by atoms with van der Waals surface area (Å²) in [5.41, 5.74) is 0.114. The lowest BCUT2D eigenvalue weighted by atomic mass is 9.74. The number of carboxylic acid groups (broad SMARTS) is 1. The van der Waals surface area contributed by atoms with Gasteiger partial charge in [-0.2, -0.15) is 0 Å². The summed E-state index contributed by atoms with van der Waals surface area (Å²) < 4.78 is 45.1. The molecule has 1 aliphatic rings. The van der Waals surface area contributed by atoms with Gasteiger partial charge in [-0.05, 0) is 56.0 Å². The molecule has 1 aromatic heterocycles. The number of ether oxygens (including phenoxy) is 1. The van der Waals surface area contributed by atoms with Crippen LogP contribution >= 0.6 is 11.6 Å². The van der Waals surface area contributed by atoms with Crippen molar-refractivity contribution in [3.05, 3.63) is 70.1 Å². The Morgan fingerprint density at radius 3 is 2.53 bits per heavy atom. The average molecular weight is 547 g/mol. The van der Waals surface area contributed by atoms with Gasteiger partial charge in [-0.3, -0.25) is 14.7 Å². The number of nitrogens with zero attached hydrogens (tertiary/aromatic N) is 2. The van der Waals surface area contributed by atoms with Gasteiger partial charge in [0.15, 0.2) is 17.5 Å². The van der Waals surface area contributed by atoms with Crippen LogP contribution in [-0.2, 0) is 4.79 Å². The Morgan fingerprint density at radius 2 is 1.89 bits per heavy atom. The molecule has 1 unspecified atom stereocenters.